The third kappa shape index (κ3) is 3.61. The van der Waals surface area contributed by atoms with E-state index >= 15 is 0 Å². The second-order valence-electron chi connectivity index (χ2n) is 6.53. The Labute approximate surface area is 139 Å². The van der Waals surface area contributed by atoms with Gasteiger partial charge in [-0.05, 0) is 56.2 Å². The fourth-order valence-electron chi connectivity index (χ4n) is 3.86. The van der Waals surface area contributed by atoms with Crippen LogP contribution in [0.25, 0.3) is 0 Å². The highest BCUT2D eigenvalue weighted by molar-refractivity contribution is 7.88. The van der Waals surface area contributed by atoms with Crippen LogP contribution in [0.1, 0.15) is 37.7 Å². The van der Waals surface area contributed by atoms with Crippen LogP contribution in [0.5, 0.6) is 5.75 Å². The zero-order chi connectivity index (χ0) is 16.4. The van der Waals surface area contributed by atoms with Crippen molar-refractivity contribution in [1.82, 2.24) is 4.31 Å². The van der Waals surface area contributed by atoms with E-state index in [9.17, 15) is 8.42 Å². The van der Waals surface area contributed by atoms with Crippen LogP contribution in [-0.2, 0) is 16.4 Å². The SMILES string of the molecule is COc1ccc(CC2C3=C(CCCC3)CCN2S(C)(=O)=O)cc1. The average molecular weight is 335 g/mol. The first kappa shape index (κ1) is 16.5. The van der Waals surface area contributed by atoms with E-state index in [0.29, 0.717) is 6.54 Å². The molecule has 4 nitrogen and oxygen atoms in total. The molecule has 0 radical (unpaired) electrons. The number of sulfonamides is 1. The predicted octanol–water partition coefficient (Wildman–Crippen LogP) is 3.14. The lowest BCUT2D eigenvalue weighted by Gasteiger charge is -2.39. The lowest BCUT2D eigenvalue weighted by molar-refractivity contribution is 0.315. The maximum absolute atomic E-state index is 12.2. The van der Waals surface area contributed by atoms with Gasteiger partial charge in [-0.1, -0.05) is 23.3 Å². The maximum atomic E-state index is 12.2. The van der Waals surface area contributed by atoms with Gasteiger partial charge in [0.15, 0.2) is 0 Å². The Morgan fingerprint density at radius 2 is 1.83 bits per heavy atom. The Hall–Kier alpha value is -1.33. The van der Waals surface area contributed by atoms with E-state index in [1.807, 2.05) is 24.3 Å². The molecule has 1 aliphatic carbocycles. The molecule has 0 N–H and O–H groups in total. The van der Waals surface area contributed by atoms with Gasteiger partial charge in [0.2, 0.25) is 10.0 Å². The van der Waals surface area contributed by atoms with Crippen molar-refractivity contribution in [3.8, 4) is 5.75 Å². The van der Waals surface area contributed by atoms with Crippen molar-refractivity contribution in [2.24, 2.45) is 0 Å². The highest BCUT2D eigenvalue weighted by Crippen LogP contribution is 2.37. The molecule has 0 aromatic heterocycles. The van der Waals surface area contributed by atoms with E-state index in [4.69, 9.17) is 4.74 Å². The van der Waals surface area contributed by atoms with Gasteiger partial charge >= 0.3 is 0 Å². The van der Waals surface area contributed by atoms with E-state index in [-0.39, 0.29) is 6.04 Å². The van der Waals surface area contributed by atoms with Gasteiger partial charge in [0, 0.05) is 12.6 Å². The third-order valence-corrected chi connectivity index (χ3v) is 6.32. The summed E-state index contributed by atoms with van der Waals surface area (Å²) in [5.74, 6) is 0.829. The minimum atomic E-state index is -3.18. The lowest BCUT2D eigenvalue weighted by Crippen LogP contribution is -2.46. The minimum Gasteiger partial charge on any atom is -0.497 e. The minimum absolute atomic E-state index is 0.0116. The molecule has 0 bridgehead atoms. The van der Waals surface area contributed by atoms with Crippen LogP contribution in [-0.4, -0.2) is 38.7 Å². The first-order valence-electron chi connectivity index (χ1n) is 8.29. The summed E-state index contributed by atoms with van der Waals surface area (Å²) in [5, 5.41) is 0. The number of methoxy groups -OCH3 is 1. The van der Waals surface area contributed by atoms with Crippen LogP contribution in [0.15, 0.2) is 35.4 Å². The van der Waals surface area contributed by atoms with Crippen LogP contribution in [0, 0.1) is 0 Å². The van der Waals surface area contributed by atoms with E-state index in [1.165, 1.54) is 30.2 Å². The number of nitrogens with zero attached hydrogens (tertiary/aromatic N) is 1. The Balaban J connectivity index is 1.91. The molecule has 126 valence electrons. The Bertz CT molecular complexity index is 691. The van der Waals surface area contributed by atoms with E-state index in [2.05, 4.69) is 0 Å². The van der Waals surface area contributed by atoms with Gasteiger partial charge in [-0.25, -0.2) is 8.42 Å². The first-order valence-corrected chi connectivity index (χ1v) is 10.1. The molecule has 1 heterocycles. The van der Waals surface area contributed by atoms with Crippen molar-refractivity contribution < 1.29 is 13.2 Å². The average Bonchev–Trinajstić information content (AvgIpc) is 2.55. The van der Waals surface area contributed by atoms with Gasteiger partial charge in [0.05, 0.1) is 13.4 Å². The summed E-state index contributed by atoms with van der Waals surface area (Å²) >= 11 is 0. The van der Waals surface area contributed by atoms with Gasteiger partial charge in [-0.15, -0.1) is 0 Å². The first-order chi connectivity index (χ1) is 11.0. The van der Waals surface area contributed by atoms with Gasteiger partial charge in [0.1, 0.15) is 5.75 Å². The molecule has 1 aromatic rings. The van der Waals surface area contributed by atoms with Crippen molar-refractivity contribution in [2.75, 3.05) is 19.9 Å². The molecule has 1 aromatic carbocycles. The third-order valence-electron chi connectivity index (χ3n) is 5.03. The molecule has 0 saturated heterocycles. The normalized spacial score (nSPS) is 22.8. The fourth-order valence-corrected chi connectivity index (χ4v) is 4.95. The summed E-state index contributed by atoms with van der Waals surface area (Å²) in [7, 11) is -1.53. The molecular formula is C18H25NO3S. The van der Waals surface area contributed by atoms with Crippen LogP contribution in [0.3, 0.4) is 0 Å². The molecule has 23 heavy (non-hydrogen) atoms. The topological polar surface area (TPSA) is 46.6 Å². The highest BCUT2D eigenvalue weighted by atomic mass is 32.2. The molecule has 1 aliphatic heterocycles. The summed E-state index contributed by atoms with van der Waals surface area (Å²) < 4.78 is 31.4. The number of hydrogen-bond donors (Lipinski definition) is 0. The molecule has 5 heteroatoms. The molecule has 2 aliphatic rings. The van der Waals surface area contributed by atoms with Crippen LogP contribution in [0.4, 0.5) is 0 Å². The quantitative estimate of drug-likeness (QED) is 0.794. The van der Waals surface area contributed by atoms with Crippen molar-refractivity contribution in [3.05, 3.63) is 41.0 Å². The molecular weight excluding hydrogens is 310 g/mol. The Morgan fingerprint density at radius 3 is 2.48 bits per heavy atom. The van der Waals surface area contributed by atoms with Gasteiger partial charge in [-0.3, -0.25) is 0 Å². The molecule has 0 fully saturated rings. The standard InChI is InChI=1S/C18H25NO3S/c1-22-16-9-7-14(8-10-16)13-18-17-6-4-3-5-15(17)11-12-19(18)23(2,20)21/h7-10,18H,3-6,11-13H2,1-2H3. The van der Waals surface area contributed by atoms with E-state index < -0.39 is 10.0 Å². The molecule has 1 atom stereocenters. The predicted molar refractivity (Wildman–Crippen MR) is 92.1 cm³/mol. The molecule has 0 saturated carbocycles. The largest absolute Gasteiger partial charge is 0.497 e. The molecule has 0 amide bonds. The van der Waals surface area contributed by atoms with E-state index in [0.717, 1.165) is 37.0 Å². The van der Waals surface area contributed by atoms with Crippen LogP contribution >= 0.6 is 0 Å². The molecule has 3 rings (SSSR count). The van der Waals surface area contributed by atoms with Gasteiger partial charge < -0.3 is 4.74 Å². The summed E-state index contributed by atoms with van der Waals surface area (Å²) in [4.78, 5) is 0. The summed E-state index contributed by atoms with van der Waals surface area (Å²) in [6.07, 6.45) is 7.59. The Morgan fingerprint density at radius 1 is 1.13 bits per heavy atom. The van der Waals surface area contributed by atoms with Gasteiger partial charge in [0.25, 0.3) is 0 Å². The molecule has 1 unspecified atom stereocenters. The monoisotopic (exact) mass is 335 g/mol. The fraction of sp³-hybridized carbons (Fsp3) is 0.556. The van der Waals surface area contributed by atoms with Crippen LogP contribution in [0.2, 0.25) is 0 Å². The Kier molecular flexibility index (Phi) is 4.78. The summed E-state index contributed by atoms with van der Waals surface area (Å²) in [5.41, 5.74) is 4.04. The highest BCUT2D eigenvalue weighted by Gasteiger charge is 2.35. The zero-order valence-electron chi connectivity index (χ0n) is 13.9. The number of ether oxygens (including phenoxy) is 1. The van der Waals surface area contributed by atoms with Gasteiger partial charge in [-0.2, -0.15) is 4.31 Å². The maximum Gasteiger partial charge on any atom is 0.211 e. The molecule has 0 spiro atoms. The number of hydrogen-bond acceptors (Lipinski definition) is 3. The van der Waals surface area contributed by atoms with Crippen molar-refractivity contribution in [3.63, 3.8) is 0 Å². The number of rotatable bonds is 4. The van der Waals surface area contributed by atoms with Crippen molar-refractivity contribution >= 4 is 10.0 Å². The second-order valence-corrected chi connectivity index (χ2v) is 8.46. The second kappa shape index (κ2) is 6.65. The summed E-state index contributed by atoms with van der Waals surface area (Å²) in [6, 6.07) is 7.95. The zero-order valence-corrected chi connectivity index (χ0v) is 14.7. The lowest BCUT2D eigenvalue weighted by atomic mass is 9.81. The smallest absolute Gasteiger partial charge is 0.211 e. The van der Waals surface area contributed by atoms with Crippen LogP contribution < -0.4 is 4.74 Å². The van der Waals surface area contributed by atoms with E-state index in [1.54, 1.807) is 11.4 Å². The van der Waals surface area contributed by atoms with Crippen molar-refractivity contribution in [2.45, 2.75) is 44.6 Å². The van der Waals surface area contributed by atoms with Crippen molar-refractivity contribution in [1.29, 1.82) is 0 Å². The number of benzene rings is 1. The summed E-state index contributed by atoms with van der Waals surface area (Å²) in [6.45, 7) is 0.624.